The van der Waals surface area contributed by atoms with E-state index in [1.807, 2.05) is 0 Å². The van der Waals surface area contributed by atoms with Crippen LogP contribution in [0.3, 0.4) is 0 Å². The molecule has 1 nitrogen and oxygen atoms in total. The molecule has 0 aromatic heterocycles. The van der Waals surface area contributed by atoms with Gasteiger partial charge in [-0.1, -0.05) is 42.5 Å². The Kier molecular flexibility index (Phi) is 2.20. The molecule has 20 heavy (non-hydrogen) atoms. The maximum atomic E-state index is 5.45. The van der Waals surface area contributed by atoms with Crippen LogP contribution in [0, 0.1) is 0 Å². The minimum Gasteiger partial charge on any atom is -0.373 e. The van der Waals surface area contributed by atoms with Crippen LogP contribution in [0.1, 0.15) is 52.5 Å². The first-order valence-electron chi connectivity index (χ1n) is 7.74. The molecule has 6 rings (SSSR count). The fourth-order valence-electron chi connectivity index (χ4n) is 4.38. The van der Waals surface area contributed by atoms with E-state index in [9.17, 15) is 0 Å². The molecule has 100 valence electrons. The van der Waals surface area contributed by atoms with Gasteiger partial charge in [-0.25, -0.2) is 0 Å². The van der Waals surface area contributed by atoms with Crippen molar-refractivity contribution >= 4 is 0 Å². The Morgan fingerprint density at radius 2 is 1.55 bits per heavy atom. The quantitative estimate of drug-likeness (QED) is 0.745. The van der Waals surface area contributed by atoms with E-state index in [0.29, 0.717) is 17.9 Å². The Hall–Kier alpha value is -1.60. The van der Waals surface area contributed by atoms with Crippen LogP contribution in [0.5, 0.6) is 0 Å². The molecule has 3 aliphatic carbocycles. The summed E-state index contributed by atoms with van der Waals surface area (Å²) in [5.74, 6) is 1.26. The van der Waals surface area contributed by atoms with Gasteiger partial charge in [0.15, 0.2) is 0 Å². The van der Waals surface area contributed by atoms with Gasteiger partial charge >= 0.3 is 0 Å². The normalized spacial score (nSPS) is 28.9. The SMILES string of the molecule is c1ccc2c(c1)C1CCC2c2c(CC3CO3)cccc21. The summed E-state index contributed by atoms with van der Waals surface area (Å²) in [6.07, 6.45) is 4.22. The molecule has 0 spiro atoms. The minimum atomic E-state index is 0.484. The highest BCUT2D eigenvalue weighted by atomic mass is 16.6. The van der Waals surface area contributed by atoms with Crippen LogP contribution in [0.2, 0.25) is 0 Å². The number of rotatable bonds is 2. The number of fused-ring (bicyclic) bond motifs is 1. The third kappa shape index (κ3) is 1.47. The van der Waals surface area contributed by atoms with Crippen molar-refractivity contribution in [3.8, 4) is 0 Å². The fourth-order valence-corrected chi connectivity index (χ4v) is 4.38. The number of hydrogen-bond donors (Lipinski definition) is 0. The van der Waals surface area contributed by atoms with Gasteiger partial charge in [0, 0.05) is 18.3 Å². The van der Waals surface area contributed by atoms with E-state index in [1.54, 1.807) is 22.3 Å². The van der Waals surface area contributed by atoms with Crippen LogP contribution in [0.25, 0.3) is 0 Å². The molecular formula is C19H18O. The molecule has 2 aromatic carbocycles. The first-order valence-corrected chi connectivity index (χ1v) is 7.74. The largest absolute Gasteiger partial charge is 0.373 e. The average molecular weight is 262 g/mol. The van der Waals surface area contributed by atoms with Crippen molar-refractivity contribution in [2.75, 3.05) is 6.61 Å². The Balaban J connectivity index is 1.70. The van der Waals surface area contributed by atoms with Gasteiger partial charge in [-0.3, -0.25) is 0 Å². The predicted molar refractivity (Wildman–Crippen MR) is 79.2 cm³/mol. The van der Waals surface area contributed by atoms with Crippen LogP contribution in [0.15, 0.2) is 42.5 Å². The lowest BCUT2D eigenvalue weighted by Gasteiger charge is -2.41. The second-order valence-corrected chi connectivity index (χ2v) is 6.39. The van der Waals surface area contributed by atoms with Gasteiger partial charge in [-0.2, -0.15) is 0 Å². The topological polar surface area (TPSA) is 12.5 Å². The van der Waals surface area contributed by atoms with Crippen LogP contribution >= 0.6 is 0 Å². The third-order valence-corrected chi connectivity index (χ3v) is 5.29. The number of epoxide rings is 1. The maximum Gasteiger partial charge on any atom is 0.0850 e. The monoisotopic (exact) mass is 262 g/mol. The zero-order valence-electron chi connectivity index (χ0n) is 11.5. The Bertz CT molecular complexity index is 684. The van der Waals surface area contributed by atoms with Gasteiger partial charge < -0.3 is 4.74 Å². The summed E-state index contributed by atoms with van der Waals surface area (Å²) in [6, 6.07) is 16.0. The molecule has 1 heterocycles. The average Bonchev–Trinajstić information content (AvgIpc) is 3.32. The third-order valence-electron chi connectivity index (χ3n) is 5.29. The summed E-state index contributed by atoms with van der Waals surface area (Å²) < 4.78 is 5.45. The lowest BCUT2D eigenvalue weighted by molar-refractivity contribution is 0.406. The van der Waals surface area contributed by atoms with Crippen LogP contribution < -0.4 is 0 Å². The zero-order chi connectivity index (χ0) is 13.1. The summed E-state index contributed by atoms with van der Waals surface area (Å²) >= 11 is 0. The van der Waals surface area contributed by atoms with E-state index in [4.69, 9.17) is 4.74 Å². The maximum absolute atomic E-state index is 5.45. The molecule has 3 unspecified atom stereocenters. The van der Waals surface area contributed by atoms with Gasteiger partial charge in [0.1, 0.15) is 0 Å². The molecule has 0 N–H and O–H groups in total. The molecule has 1 saturated heterocycles. The lowest BCUT2D eigenvalue weighted by atomic mass is 9.62. The molecule has 0 amide bonds. The summed E-state index contributed by atoms with van der Waals surface area (Å²) in [7, 11) is 0. The van der Waals surface area contributed by atoms with E-state index >= 15 is 0 Å². The fraction of sp³-hybridized carbons (Fsp3) is 0.368. The van der Waals surface area contributed by atoms with E-state index in [0.717, 1.165) is 13.0 Å². The van der Waals surface area contributed by atoms with Crippen molar-refractivity contribution in [3.05, 3.63) is 70.3 Å². The van der Waals surface area contributed by atoms with Gasteiger partial charge in [0.05, 0.1) is 12.7 Å². The van der Waals surface area contributed by atoms with E-state index < -0.39 is 0 Å². The smallest absolute Gasteiger partial charge is 0.0850 e. The van der Waals surface area contributed by atoms with Gasteiger partial charge in [0.25, 0.3) is 0 Å². The predicted octanol–water partition coefficient (Wildman–Crippen LogP) is 4.00. The Labute approximate surface area is 119 Å². The summed E-state index contributed by atoms with van der Waals surface area (Å²) in [4.78, 5) is 0. The van der Waals surface area contributed by atoms with Crippen LogP contribution in [-0.4, -0.2) is 12.7 Å². The van der Waals surface area contributed by atoms with E-state index in [-0.39, 0.29) is 0 Å². The number of benzene rings is 2. The molecule has 2 bridgehead atoms. The molecular weight excluding hydrogens is 244 g/mol. The first kappa shape index (κ1) is 11.1. The zero-order valence-corrected chi connectivity index (χ0v) is 11.5. The van der Waals surface area contributed by atoms with Crippen LogP contribution in [-0.2, 0) is 11.2 Å². The first-order chi connectivity index (χ1) is 9.92. The molecule has 1 heteroatoms. The molecule has 0 saturated carbocycles. The van der Waals surface area contributed by atoms with Gasteiger partial charge in [-0.15, -0.1) is 0 Å². The van der Waals surface area contributed by atoms with Crippen molar-refractivity contribution in [2.45, 2.75) is 37.2 Å². The second kappa shape index (κ2) is 3.95. The summed E-state index contributed by atoms with van der Waals surface area (Å²) in [5, 5.41) is 0. The molecule has 2 aromatic rings. The highest BCUT2D eigenvalue weighted by Gasteiger charge is 2.38. The van der Waals surface area contributed by atoms with E-state index in [1.165, 1.54) is 18.4 Å². The summed E-state index contributed by atoms with van der Waals surface area (Å²) in [6.45, 7) is 0.953. The van der Waals surface area contributed by atoms with Crippen molar-refractivity contribution in [1.29, 1.82) is 0 Å². The van der Waals surface area contributed by atoms with Gasteiger partial charge in [0.2, 0.25) is 0 Å². The highest BCUT2D eigenvalue weighted by molar-refractivity contribution is 5.57. The Morgan fingerprint density at radius 1 is 0.850 bits per heavy atom. The van der Waals surface area contributed by atoms with Crippen molar-refractivity contribution in [2.24, 2.45) is 0 Å². The molecule has 0 radical (unpaired) electrons. The van der Waals surface area contributed by atoms with Crippen molar-refractivity contribution in [3.63, 3.8) is 0 Å². The molecule has 3 atom stereocenters. The lowest BCUT2D eigenvalue weighted by Crippen LogP contribution is -2.26. The minimum absolute atomic E-state index is 0.484. The molecule has 1 fully saturated rings. The van der Waals surface area contributed by atoms with Crippen molar-refractivity contribution < 1.29 is 4.74 Å². The second-order valence-electron chi connectivity index (χ2n) is 6.39. The number of hydrogen-bond acceptors (Lipinski definition) is 1. The van der Waals surface area contributed by atoms with Gasteiger partial charge in [-0.05, 0) is 40.7 Å². The molecule has 1 aliphatic heterocycles. The molecule has 4 aliphatic rings. The standard InChI is InChI=1S/C19H18O/c1-2-6-15-14(5-1)16-8-9-18(15)19-12(10-13-11-20-13)4-3-7-17(16)19/h1-7,13,16,18H,8-11H2. The highest BCUT2D eigenvalue weighted by Crippen LogP contribution is 2.53. The van der Waals surface area contributed by atoms with E-state index in [2.05, 4.69) is 42.5 Å². The number of ether oxygens (including phenoxy) is 1. The van der Waals surface area contributed by atoms with Crippen molar-refractivity contribution in [1.82, 2.24) is 0 Å². The summed E-state index contributed by atoms with van der Waals surface area (Å²) in [5.41, 5.74) is 7.93. The Morgan fingerprint density at radius 3 is 2.35 bits per heavy atom. The van der Waals surface area contributed by atoms with Crippen LogP contribution in [0.4, 0.5) is 0 Å².